The fraction of sp³-hybridized carbons (Fsp3) is 0.692. The lowest BCUT2D eigenvalue weighted by Gasteiger charge is -2.36. The molecule has 1 aliphatic rings. The van der Waals surface area contributed by atoms with E-state index in [0.717, 1.165) is 0 Å². The van der Waals surface area contributed by atoms with Crippen LogP contribution in [0.1, 0.15) is 23.5 Å². The predicted octanol–water partition coefficient (Wildman–Crippen LogP) is 1.03. The molecule has 1 fully saturated rings. The van der Waals surface area contributed by atoms with Crippen LogP contribution in [0.25, 0.3) is 0 Å². The summed E-state index contributed by atoms with van der Waals surface area (Å²) in [5.41, 5.74) is 5.88. The van der Waals surface area contributed by atoms with Crippen molar-refractivity contribution in [2.24, 2.45) is 0 Å². The van der Waals surface area contributed by atoms with Gasteiger partial charge in [0.15, 0.2) is 5.13 Å². The van der Waals surface area contributed by atoms with E-state index in [1.54, 1.807) is 12.0 Å². The molecule has 2 atom stereocenters. The van der Waals surface area contributed by atoms with E-state index >= 15 is 0 Å². The standard InChI is InChI=1S/C13H22N4O3S/c1-8-7-20-9(2)6-17(8)12(18)10-11(14)16-13(21-10)15-4-5-19-3/h8-9H,4-7,14H2,1-3H3,(H,15,16). The van der Waals surface area contributed by atoms with Gasteiger partial charge in [0, 0.05) is 20.2 Å². The highest BCUT2D eigenvalue weighted by Gasteiger charge is 2.30. The van der Waals surface area contributed by atoms with Gasteiger partial charge in [-0.25, -0.2) is 4.98 Å². The lowest BCUT2D eigenvalue weighted by Crippen LogP contribution is -2.50. The monoisotopic (exact) mass is 314 g/mol. The number of aromatic nitrogens is 1. The number of nitrogens with two attached hydrogens (primary N) is 1. The zero-order valence-corrected chi connectivity index (χ0v) is 13.4. The maximum absolute atomic E-state index is 12.6. The molecule has 0 aliphatic carbocycles. The third-order valence-electron chi connectivity index (χ3n) is 3.30. The molecule has 7 nitrogen and oxygen atoms in total. The fourth-order valence-electron chi connectivity index (χ4n) is 2.14. The Balaban J connectivity index is 2.07. The second-order valence-electron chi connectivity index (χ2n) is 5.10. The summed E-state index contributed by atoms with van der Waals surface area (Å²) >= 11 is 1.28. The molecule has 0 spiro atoms. The maximum atomic E-state index is 12.6. The van der Waals surface area contributed by atoms with E-state index < -0.39 is 0 Å². The van der Waals surface area contributed by atoms with Crippen LogP contribution in [0.4, 0.5) is 10.9 Å². The lowest BCUT2D eigenvalue weighted by atomic mass is 10.2. The second-order valence-corrected chi connectivity index (χ2v) is 6.10. The summed E-state index contributed by atoms with van der Waals surface area (Å²) in [6.07, 6.45) is 0.0404. The fourth-order valence-corrected chi connectivity index (χ4v) is 3.00. The molecule has 118 valence electrons. The topological polar surface area (TPSA) is 89.7 Å². The first-order valence-electron chi connectivity index (χ1n) is 6.94. The molecule has 0 bridgehead atoms. The minimum absolute atomic E-state index is 0.0404. The van der Waals surface area contributed by atoms with E-state index in [0.29, 0.717) is 36.3 Å². The summed E-state index contributed by atoms with van der Waals surface area (Å²) in [6.45, 7) is 6.25. The molecule has 1 aliphatic heterocycles. The highest BCUT2D eigenvalue weighted by Crippen LogP contribution is 2.27. The number of methoxy groups -OCH3 is 1. The van der Waals surface area contributed by atoms with Crippen molar-refractivity contribution in [2.45, 2.75) is 26.0 Å². The number of rotatable bonds is 5. The molecule has 1 saturated heterocycles. The molecule has 3 N–H and O–H groups in total. The van der Waals surface area contributed by atoms with Crippen molar-refractivity contribution in [1.82, 2.24) is 9.88 Å². The Morgan fingerprint density at radius 2 is 2.38 bits per heavy atom. The van der Waals surface area contributed by atoms with Crippen molar-refractivity contribution in [2.75, 3.05) is 44.5 Å². The maximum Gasteiger partial charge on any atom is 0.268 e. The van der Waals surface area contributed by atoms with Crippen molar-refractivity contribution in [3.8, 4) is 0 Å². The average Bonchev–Trinajstić information content (AvgIpc) is 2.82. The van der Waals surface area contributed by atoms with Gasteiger partial charge in [-0.1, -0.05) is 11.3 Å². The molecular weight excluding hydrogens is 292 g/mol. The Morgan fingerprint density at radius 3 is 3.10 bits per heavy atom. The molecule has 2 rings (SSSR count). The quantitative estimate of drug-likeness (QED) is 0.789. The number of nitrogen functional groups attached to an aromatic ring is 1. The van der Waals surface area contributed by atoms with Gasteiger partial charge in [0.25, 0.3) is 5.91 Å². The Hall–Kier alpha value is -1.38. The summed E-state index contributed by atoms with van der Waals surface area (Å²) in [6, 6.07) is 0.0418. The molecule has 8 heteroatoms. The van der Waals surface area contributed by atoms with Gasteiger partial charge in [-0.2, -0.15) is 0 Å². The summed E-state index contributed by atoms with van der Waals surface area (Å²) < 4.78 is 10.5. The Labute approximate surface area is 128 Å². The second kappa shape index (κ2) is 7.06. The number of nitrogens with one attached hydrogen (secondary N) is 1. The third-order valence-corrected chi connectivity index (χ3v) is 4.32. The van der Waals surface area contributed by atoms with Crippen LogP contribution >= 0.6 is 11.3 Å². The number of nitrogens with zero attached hydrogens (tertiary/aromatic N) is 2. The van der Waals surface area contributed by atoms with Crippen LogP contribution < -0.4 is 11.1 Å². The van der Waals surface area contributed by atoms with E-state index in [4.69, 9.17) is 15.2 Å². The molecule has 0 radical (unpaired) electrons. The normalized spacial score (nSPS) is 22.3. The molecule has 21 heavy (non-hydrogen) atoms. The number of ether oxygens (including phenoxy) is 2. The summed E-state index contributed by atoms with van der Waals surface area (Å²) in [5, 5.41) is 3.73. The van der Waals surface area contributed by atoms with E-state index in [1.807, 2.05) is 13.8 Å². The molecule has 1 aromatic rings. The van der Waals surface area contributed by atoms with Crippen LogP contribution in [0.15, 0.2) is 0 Å². The summed E-state index contributed by atoms with van der Waals surface area (Å²) in [5.74, 6) is 0.198. The first-order valence-corrected chi connectivity index (χ1v) is 7.76. The van der Waals surface area contributed by atoms with Gasteiger partial charge in [-0.3, -0.25) is 4.79 Å². The van der Waals surface area contributed by atoms with Gasteiger partial charge >= 0.3 is 0 Å². The lowest BCUT2D eigenvalue weighted by molar-refractivity contribution is -0.0385. The number of morpholine rings is 1. The zero-order chi connectivity index (χ0) is 15.4. The smallest absolute Gasteiger partial charge is 0.268 e. The summed E-state index contributed by atoms with van der Waals surface area (Å²) in [7, 11) is 1.63. The minimum Gasteiger partial charge on any atom is -0.383 e. The Morgan fingerprint density at radius 1 is 1.62 bits per heavy atom. The van der Waals surface area contributed by atoms with Crippen molar-refractivity contribution in [3.63, 3.8) is 0 Å². The van der Waals surface area contributed by atoms with Gasteiger partial charge in [0.2, 0.25) is 0 Å². The molecule has 0 saturated carbocycles. The SMILES string of the molecule is COCCNc1nc(N)c(C(=O)N2CC(C)OCC2C)s1. The average molecular weight is 314 g/mol. The number of carbonyl (C=O) groups is 1. The number of carbonyl (C=O) groups excluding carboxylic acids is 1. The summed E-state index contributed by atoms with van der Waals surface area (Å²) in [4.78, 5) is 19.1. The third kappa shape index (κ3) is 3.84. The first-order chi connectivity index (χ1) is 10.0. The number of hydrogen-bond acceptors (Lipinski definition) is 7. The number of thiazole rings is 1. The predicted molar refractivity (Wildman–Crippen MR) is 82.8 cm³/mol. The molecule has 1 aromatic heterocycles. The van der Waals surface area contributed by atoms with Crippen LogP contribution in [0, 0.1) is 0 Å². The zero-order valence-electron chi connectivity index (χ0n) is 12.6. The first kappa shape index (κ1) is 16.0. The van der Waals surface area contributed by atoms with Crippen LogP contribution in [0.3, 0.4) is 0 Å². The largest absolute Gasteiger partial charge is 0.383 e. The van der Waals surface area contributed by atoms with Crippen molar-refractivity contribution in [3.05, 3.63) is 4.88 Å². The molecule has 2 unspecified atom stereocenters. The van der Waals surface area contributed by atoms with Gasteiger partial charge in [0.1, 0.15) is 10.7 Å². The minimum atomic E-state index is -0.0764. The van der Waals surface area contributed by atoms with E-state index in [1.165, 1.54) is 11.3 Å². The van der Waals surface area contributed by atoms with E-state index in [-0.39, 0.29) is 23.9 Å². The van der Waals surface area contributed by atoms with Gasteiger partial charge in [-0.05, 0) is 13.8 Å². The van der Waals surface area contributed by atoms with Crippen LogP contribution in [-0.4, -0.2) is 61.3 Å². The molecular formula is C13H22N4O3S. The number of hydrogen-bond donors (Lipinski definition) is 2. The van der Waals surface area contributed by atoms with Crippen LogP contribution in [-0.2, 0) is 9.47 Å². The van der Waals surface area contributed by atoms with E-state index in [2.05, 4.69) is 10.3 Å². The molecule has 0 aromatic carbocycles. The number of anilines is 2. The van der Waals surface area contributed by atoms with Crippen molar-refractivity contribution in [1.29, 1.82) is 0 Å². The van der Waals surface area contributed by atoms with Crippen LogP contribution in [0.5, 0.6) is 0 Å². The highest BCUT2D eigenvalue weighted by atomic mass is 32.1. The number of amides is 1. The molecule has 1 amide bonds. The Bertz CT molecular complexity index is 494. The van der Waals surface area contributed by atoms with Crippen molar-refractivity contribution >= 4 is 28.2 Å². The van der Waals surface area contributed by atoms with Gasteiger partial charge in [0.05, 0.1) is 25.4 Å². The highest BCUT2D eigenvalue weighted by molar-refractivity contribution is 7.18. The molecule has 2 heterocycles. The van der Waals surface area contributed by atoms with Crippen LogP contribution in [0.2, 0.25) is 0 Å². The Kier molecular flexibility index (Phi) is 5.38. The van der Waals surface area contributed by atoms with Gasteiger partial charge in [-0.15, -0.1) is 0 Å². The van der Waals surface area contributed by atoms with Crippen molar-refractivity contribution < 1.29 is 14.3 Å². The van der Waals surface area contributed by atoms with E-state index in [9.17, 15) is 4.79 Å². The van der Waals surface area contributed by atoms with Gasteiger partial charge < -0.3 is 25.4 Å².